The zero-order chi connectivity index (χ0) is 45.3. The normalized spacial score (nSPS) is 11.6. The van der Waals surface area contributed by atoms with Crippen LogP contribution in [0.15, 0.2) is 0 Å². The fourth-order valence-corrected chi connectivity index (χ4v) is 6.57. The van der Waals surface area contributed by atoms with Gasteiger partial charge in [0.15, 0.2) is 0 Å². The summed E-state index contributed by atoms with van der Waals surface area (Å²) < 4.78 is 66.2. The Bertz CT molecular complexity index is 825. The molecule has 378 valence electrons. The van der Waals surface area contributed by atoms with Gasteiger partial charge in [0.25, 0.3) is 0 Å². The van der Waals surface area contributed by atoms with Crippen molar-refractivity contribution in [1.82, 2.24) is 0 Å². The lowest BCUT2D eigenvalue weighted by Crippen LogP contribution is -2.15. The SMILES string of the molecule is CCCCCCCCCCCCCCCC(=O)OCCOCCOCCOCCOCCOCCOCCOCCOCCOCCOCCOCCCCCCCCCCCC. The van der Waals surface area contributed by atoms with E-state index in [0.29, 0.717) is 145 Å². The molecule has 13 heteroatoms. The summed E-state index contributed by atoms with van der Waals surface area (Å²) in [7, 11) is 0. The maximum atomic E-state index is 11.9. The van der Waals surface area contributed by atoms with E-state index in [2.05, 4.69) is 13.8 Å². The van der Waals surface area contributed by atoms with E-state index in [1.165, 1.54) is 128 Å². The average Bonchev–Trinajstić information content (AvgIpc) is 3.29. The molecule has 0 aromatic rings. The Morgan fingerprint density at radius 1 is 0.222 bits per heavy atom. The van der Waals surface area contributed by atoms with Gasteiger partial charge < -0.3 is 56.8 Å². The van der Waals surface area contributed by atoms with Crippen LogP contribution in [0.2, 0.25) is 0 Å². The second-order valence-electron chi connectivity index (χ2n) is 16.1. The molecule has 0 aliphatic rings. The largest absolute Gasteiger partial charge is 0.463 e. The second kappa shape index (κ2) is 59.0. The Balaban J connectivity index is 3.11. The lowest BCUT2D eigenvalue weighted by Gasteiger charge is -2.09. The molecule has 0 unspecified atom stereocenters. The van der Waals surface area contributed by atoms with Gasteiger partial charge in [-0.05, 0) is 12.8 Å². The summed E-state index contributed by atoms with van der Waals surface area (Å²) in [6, 6.07) is 0. The molecule has 0 aliphatic carbocycles. The number of unbranched alkanes of at least 4 members (excludes halogenated alkanes) is 21. The van der Waals surface area contributed by atoms with E-state index >= 15 is 0 Å². The first-order valence-corrected chi connectivity index (χ1v) is 25.8. The Kier molecular flexibility index (Phi) is 58.1. The first-order valence-electron chi connectivity index (χ1n) is 25.8. The summed E-state index contributed by atoms with van der Waals surface area (Å²) >= 11 is 0. The van der Waals surface area contributed by atoms with Gasteiger partial charge in [0.05, 0.1) is 139 Å². The third-order valence-corrected chi connectivity index (χ3v) is 10.3. The van der Waals surface area contributed by atoms with Crippen LogP contribution in [0, 0.1) is 0 Å². The van der Waals surface area contributed by atoms with Gasteiger partial charge in [-0.1, -0.05) is 149 Å². The molecule has 0 saturated carbocycles. The van der Waals surface area contributed by atoms with Gasteiger partial charge in [-0.3, -0.25) is 4.79 Å². The van der Waals surface area contributed by atoms with Crippen LogP contribution < -0.4 is 0 Å². The zero-order valence-corrected chi connectivity index (χ0v) is 41.0. The van der Waals surface area contributed by atoms with Crippen molar-refractivity contribution in [2.24, 2.45) is 0 Å². The number of carbonyl (C=O) groups is 1. The third-order valence-electron chi connectivity index (χ3n) is 10.3. The average molecular weight is 909 g/mol. The molecular weight excluding hydrogens is 809 g/mol. The highest BCUT2D eigenvalue weighted by Gasteiger charge is 2.03. The van der Waals surface area contributed by atoms with Gasteiger partial charge in [-0.15, -0.1) is 0 Å². The molecule has 0 saturated heterocycles. The lowest BCUT2D eigenvalue weighted by atomic mass is 10.0. The van der Waals surface area contributed by atoms with Gasteiger partial charge in [0.2, 0.25) is 0 Å². The van der Waals surface area contributed by atoms with E-state index < -0.39 is 0 Å². The summed E-state index contributed by atoms with van der Waals surface area (Å²) in [5.74, 6) is -0.130. The number of rotatable bonds is 58. The van der Waals surface area contributed by atoms with Crippen LogP contribution in [0.25, 0.3) is 0 Å². The maximum absolute atomic E-state index is 11.9. The number of esters is 1. The number of hydrogen-bond acceptors (Lipinski definition) is 13. The van der Waals surface area contributed by atoms with Crippen molar-refractivity contribution in [2.75, 3.05) is 152 Å². The van der Waals surface area contributed by atoms with E-state index in [1.807, 2.05) is 0 Å². The maximum Gasteiger partial charge on any atom is 0.305 e. The molecule has 0 spiro atoms. The van der Waals surface area contributed by atoms with Crippen LogP contribution in [0.5, 0.6) is 0 Å². The van der Waals surface area contributed by atoms with E-state index in [4.69, 9.17) is 56.8 Å². The monoisotopic (exact) mass is 909 g/mol. The van der Waals surface area contributed by atoms with Crippen molar-refractivity contribution < 1.29 is 61.6 Å². The Labute approximate surface area is 386 Å². The molecule has 0 atom stereocenters. The van der Waals surface area contributed by atoms with Crippen molar-refractivity contribution in [3.8, 4) is 0 Å². The van der Waals surface area contributed by atoms with Gasteiger partial charge in [-0.25, -0.2) is 0 Å². The van der Waals surface area contributed by atoms with Crippen LogP contribution >= 0.6 is 0 Å². The molecule has 0 amide bonds. The molecule has 0 rings (SSSR count). The minimum Gasteiger partial charge on any atom is -0.463 e. The molecule has 0 heterocycles. The topological polar surface area (TPSA) is 128 Å². The standard InChI is InChI=1S/C50H100O13/c1-3-5-7-9-11-13-15-16-17-18-20-22-24-26-50(51)63-49-48-62-47-46-61-45-44-60-43-42-59-41-40-58-39-38-57-37-36-56-35-34-55-33-32-54-31-30-53-29-28-52-27-25-23-21-19-14-12-10-8-6-4-2/h3-49H2,1-2H3. The van der Waals surface area contributed by atoms with Crippen LogP contribution in [0.3, 0.4) is 0 Å². The van der Waals surface area contributed by atoms with E-state index in [0.717, 1.165) is 25.9 Å². The van der Waals surface area contributed by atoms with Gasteiger partial charge in [0.1, 0.15) is 6.61 Å². The second-order valence-corrected chi connectivity index (χ2v) is 16.1. The number of ether oxygens (including phenoxy) is 12. The molecule has 0 aromatic carbocycles. The highest BCUT2D eigenvalue weighted by molar-refractivity contribution is 5.69. The lowest BCUT2D eigenvalue weighted by molar-refractivity contribution is -0.145. The summed E-state index contributed by atoms with van der Waals surface area (Å²) in [6.07, 6.45) is 30.7. The summed E-state index contributed by atoms with van der Waals surface area (Å²) in [4.78, 5) is 11.9. The molecule has 0 fully saturated rings. The van der Waals surface area contributed by atoms with Gasteiger partial charge in [-0.2, -0.15) is 0 Å². The number of hydrogen-bond donors (Lipinski definition) is 0. The fraction of sp³-hybridized carbons (Fsp3) is 0.980. The summed E-state index contributed by atoms with van der Waals surface area (Å²) in [6.45, 7) is 16.5. The van der Waals surface area contributed by atoms with Crippen molar-refractivity contribution in [3.63, 3.8) is 0 Å². The minimum atomic E-state index is -0.130. The molecule has 0 aliphatic heterocycles. The molecular formula is C50H100O13. The molecule has 13 nitrogen and oxygen atoms in total. The fourth-order valence-electron chi connectivity index (χ4n) is 6.57. The highest BCUT2D eigenvalue weighted by atomic mass is 16.6. The van der Waals surface area contributed by atoms with Gasteiger partial charge >= 0.3 is 5.97 Å². The smallest absolute Gasteiger partial charge is 0.305 e. The predicted octanol–water partition coefficient (Wildman–Crippen LogP) is 10.1. The first-order chi connectivity index (χ1) is 31.3. The Morgan fingerprint density at radius 2 is 0.413 bits per heavy atom. The van der Waals surface area contributed by atoms with E-state index in [1.54, 1.807) is 0 Å². The van der Waals surface area contributed by atoms with E-state index in [9.17, 15) is 4.79 Å². The molecule has 0 aromatic heterocycles. The molecule has 63 heavy (non-hydrogen) atoms. The number of carbonyl (C=O) groups excluding carboxylic acids is 1. The minimum absolute atomic E-state index is 0.130. The summed E-state index contributed by atoms with van der Waals surface area (Å²) in [5, 5.41) is 0. The zero-order valence-electron chi connectivity index (χ0n) is 41.0. The third kappa shape index (κ3) is 59.0. The van der Waals surface area contributed by atoms with Crippen molar-refractivity contribution >= 4 is 5.97 Å². The van der Waals surface area contributed by atoms with E-state index in [-0.39, 0.29) is 12.6 Å². The van der Waals surface area contributed by atoms with Gasteiger partial charge in [0, 0.05) is 13.0 Å². The molecule has 0 radical (unpaired) electrons. The molecule has 0 bridgehead atoms. The summed E-state index contributed by atoms with van der Waals surface area (Å²) in [5.41, 5.74) is 0. The van der Waals surface area contributed by atoms with Crippen molar-refractivity contribution in [2.45, 2.75) is 168 Å². The van der Waals surface area contributed by atoms with Crippen molar-refractivity contribution in [1.29, 1.82) is 0 Å². The van der Waals surface area contributed by atoms with Crippen LogP contribution in [-0.4, -0.2) is 158 Å². The first kappa shape index (κ1) is 62.0. The Morgan fingerprint density at radius 3 is 0.667 bits per heavy atom. The van der Waals surface area contributed by atoms with Crippen LogP contribution in [-0.2, 0) is 61.6 Å². The van der Waals surface area contributed by atoms with Crippen LogP contribution in [0.1, 0.15) is 168 Å². The Hall–Kier alpha value is -0.970. The predicted molar refractivity (Wildman–Crippen MR) is 252 cm³/mol. The van der Waals surface area contributed by atoms with Crippen molar-refractivity contribution in [3.05, 3.63) is 0 Å². The highest BCUT2D eigenvalue weighted by Crippen LogP contribution is 2.13. The molecule has 0 N–H and O–H groups in total. The quantitative estimate of drug-likeness (QED) is 0.0425. The van der Waals surface area contributed by atoms with Crippen LogP contribution in [0.4, 0.5) is 0 Å².